The summed E-state index contributed by atoms with van der Waals surface area (Å²) in [5, 5.41) is 6.56. The molecule has 1 saturated carbocycles. The first-order chi connectivity index (χ1) is 16.4. The van der Waals surface area contributed by atoms with Crippen LogP contribution in [0.25, 0.3) is 10.2 Å². The van der Waals surface area contributed by atoms with E-state index in [1.807, 2.05) is 68.4 Å². The van der Waals surface area contributed by atoms with E-state index < -0.39 is 5.41 Å². The summed E-state index contributed by atoms with van der Waals surface area (Å²) >= 11 is 1.37. The molecule has 0 atom stereocenters. The van der Waals surface area contributed by atoms with E-state index in [9.17, 15) is 9.59 Å². The van der Waals surface area contributed by atoms with Crippen molar-refractivity contribution in [2.45, 2.75) is 32.1 Å². The number of rotatable bonds is 6. The number of para-hydroxylation sites is 1. The summed E-state index contributed by atoms with van der Waals surface area (Å²) in [4.78, 5) is 30.6. The summed E-state index contributed by atoms with van der Waals surface area (Å²) in [6.07, 6.45) is 1.61. The van der Waals surface area contributed by atoms with Crippen molar-refractivity contribution in [1.29, 1.82) is 0 Å². The number of nitrogens with zero attached hydrogens (tertiary/aromatic N) is 1. The van der Waals surface area contributed by atoms with Gasteiger partial charge in [0.1, 0.15) is 5.75 Å². The monoisotopic (exact) mass is 471 g/mol. The molecule has 7 heteroatoms. The minimum Gasteiger partial charge on any atom is -0.497 e. The maximum atomic E-state index is 13.1. The fourth-order valence-electron chi connectivity index (χ4n) is 4.22. The zero-order chi connectivity index (χ0) is 23.9. The van der Waals surface area contributed by atoms with Gasteiger partial charge in [-0.3, -0.25) is 9.59 Å². The van der Waals surface area contributed by atoms with Crippen molar-refractivity contribution in [3.05, 3.63) is 82.9 Å². The second-order valence-corrected chi connectivity index (χ2v) is 9.72. The van der Waals surface area contributed by atoms with Crippen molar-refractivity contribution in [3.63, 3.8) is 0 Å². The smallest absolute Gasteiger partial charge is 0.255 e. The Morgan fingerprint density at radius 3 is 2.32 bits per heavy atom. The number of hydrogen-bond acceptors (Lipinski definition) is 5. The molecule has 6 nitrogen and oxygen atoms in total. The standard InChI is InChI=1S/C27H25N3O3S/c1-16-5-4-6-17(2)23(16)29-24(31)18-7-12-21-22(15-18)34-26(28-21)30-25(32)27(13-14-27)19-8-10-20(33-3)11-9-19/h4-12,15H,13-14H2,1-3H3,(H,29,31)(H,28,30,32). The van der Waals surface area contributed by atoms with Crippen LogP contribution in [-0.2, 0) is 10.2 Å². The number of benzene rings is 3. The molecule has 1 aliphatic rings. The van der Waals surface area contributed by atoms with Crippen molar-refractivity contribution in [2.75, 3.05) is 17.7 Å². The number of amides is 2. The van der Waals surface area contributed by atoms with Crippen LogP contribution in [-0.4, -0.2) is 23.9 Å². The summed E-state index contributed by atoms with van der Waals surface area (Å²) in [6, 6.07) is 19.0. The van der Waals surface area contributed by atoms with Crippen molar-refractivity contribution in [1.82, 2.24) is 4.98 Å². The fourth-order valence-corrected chi connectivity index (χ4v) is 5.12. The average molecular weight is 472 g/mol. The number of carbonyl (C=O) groups is 2. The first-order valence-corrected chi connectivity index (χ1v) is 12.0. The molecule has 1 aliphatic carbocycles. The molecule has 1 fully saturated rings. The van der Waals surface area contributed by atoms with E-state index in [1.165, 1.54) is 11.3 Å². The Labute approximate surface area is 202 Å². The lowest BCUT2D eigenvalue weighted by molar-refractivity contribution is -0.118. The van der Waals surface area contributed by atoms with Crippen LogP contribution in [0.2, 0.25) is 0 Å². The van der Waals surface area contributed by atoms with Crippen LogP contribution in [0.3, 0.4) is 0 Å². The Hall–Kier alpha value is -3.71. The fraction of sp³-hybridized carbons (Fsp3) is 0.222. The molecule has 1 aromatic heterocycles. The molecule has 34 heavy (non-hydrogen) atoms. The van der Waals surface area contributed by atoms with E-state index in [0.717, 1.165) is 51.2 Å². The number of anilines is 2. The van der Waals surface area contributed by atoms with Crippen LogP contribution in [0, 0.1) is 13.8 Å². The maximum absolute atomic E-state index is 13.1. The zero-order valence-corrected chi connectivity index (χ0v) is 20.1. The van der Waals surface area contributed by atoms with E-state index in [1.54, 1.807) is 13.2 Å². The average Bonchev–Trinajstić information content (AvgIpc) is 3.56. The number of carbonyl (C=O) groups excluding carboxylic acids is 2. The Kier molecular flexibility index (Phi) is 5.57. The molecule has 172 valence electrons. The van der Waals surface area contributed by atoms with Gasteiger partial charge in [0.05, 0.1) is 22.7 Å². The van der Waals surface area contributed by atoms with E-state index in [2.05, 4.69) is 15.6 Å². The first kappa shape index (κ1) is 22.1. The van der Waals surface area contributed by atoms with Crippen LogP contribution >= 0.6 is 11.3 Å². The number of methoxy groups -OCH3 is 1. The van der Waals surface area contributed by atoms with Gasteiger partial charge < -0.3 is 15.4 Å². The highest BCUT2D eigenvalue weighted by Crippen LogP contribution is 2.49. The second kappa shape index (κ2) is 8.57. The number of fused-ring (bicyclic) bond motifs is 1. The highest BCUT2D eigenvalue weighted by molar-refractivity contribution is 7.22. The molecular formula is C27H25N3O3S. The maximum Gasteiger partial charge on any atom is 0.255 e. The molecule has 1 heterocycles. The molecule has 0 bridgehead atoms. The van der Waals surface area contributed by atoms with Crippen LogP contribution in [0.4, 0.5) is 10.8 Å². The molecular weight excluding hydrogens is 446 g/mol. The van der Waals surface area contributed by atoms with Gasteiger partial charge in [0, 0.05) is 11.3 Å². The summed E-state index contributed by atoms with van der Waals surface area (Å²) < 4.78 is 6.07. The third-order valence-electron chi connectivity index (χ3n) is 6.42. The third-order valence-corrected chi connectivity index (χ3v) is 7.35. The van der Waals surface area contributed by atoms with E-state index >= 15 is 0 Å². The molecule has 4 aromatic rings. The highest BCUT2D eigenvalue weighted by Gasteiger charge is 2.51. The molecule has 0 unspecified atom stereocenters. The lowest BCUT2D eigenvalue weighted by atomic mass is 9.95. The quantitative estimate of drug-likeness (QED) is 0.370. The van der Waals surface area contributed by atoms with Crippen molar-refractivity contribution >= 4 is 44.2 Å². The van der Waals surface area contributed by atoms with Gasteiger partial charge in [-0.15, -0.1) is 0 Å². The predicted octanol–water partition coefficient (Wildman–Crippen LogP) is 5.84. The van der Waals surface area contributed by atoms with Gasteiger partial charge in [-0.2, -0.15) is 0 Å². The van der Waals surface area contributed by atoms with Gasteiger partial charge in [-0.1, -0.05) is 41.7 Å². The Bertz CT molecular complexity index is 1380. The summed E-state index contributed by atoms with van der Waals surface area (Å²) in [5.41, 5.74) is 4.63. The summed E-state index contributed by atoms with van der Waals surface area (Å²) in [7, 11) is 1.63. The lowest BCUT2D eigenvalue weighted by Gasteiger charge is -2.15. The molecule has 0 saturated heterocycles. The molecule has 5 rings (SSSR count). The highest BCUT2D eigenvalue weighted by atomic mass is 32.1. The normalized spacial score (nSPS) is 14.0. The molecule has 0 aliphatic heterocycles. The van der Waals surface area contributed by atoms with E-state index in [0.29, 0.717) is 10.7 Å². The lowest BCUT2D eigenvalue weighted by Crippen LogP contribution is -2.27. The summed E-state index contributed by atoms with van der Waals surface area (Å²) in [5.74, 6) is 0.544. The van der Waals surface area contributed by atoms with Gasteiger partial charge in [-0.05, 0) is 73.7 Å². The molecule has 0 spiro atoms. The first-order valence-electron chi connectivity index (χ1n) is 11.1. The van der Waals surface area contributed by atoms with Gasteiger partial charge in [-0.25, -0.2) is 4.98 Å². The van der Waals surface area contributed by atoms with Crippen LogP contribution in [0.5, 0.6) is 5.75 Å². The van der Waals surface area contributed by atoms with Crippen LogP contribution < -0.4 is 15.4 Å². The SMILES string of the molecule is COc1ccc(C2(C(=O)Nc3nc4ccc(C(=O)Nc5c(C)cccc5C)cc4s3)CC2)cc1. The number of thiazole rings is 1. The van der Waals surface area contributed by atoms with Crippen molar-refractivity contribution < 1.29 is 14.3 Å². The van der Waals surface area contributed by atoms with Gasteiger partial charge in [0.25, 0.3) is 5.91 Å². The van der Waals surface area contributed by atoms with Gasteiger partial charge >= 0.3 is 0 Å². The Morgan fingerprint density at radius 2 is 1.68 bits per heavy atom. The Balaban J connectivity index is 1.33. The minimum absolute atomic E-state index is 0.0512. The largest absolute Gasteiger partial charge is 0.497 e. The topological polar surface area (TPSA) is 80.3 Å². The Morgan fingerprint density at radius 1 is 0.971 bits per heavy atom. The third kappa shape index (κ3) is 4.03. The van der Waals surface area contributed by atoms with Gasteiger partial charge in [0.2, 0.25) is 5.91 Å². The zero-order valence-electron chi connectivity index (χ0n) is 19.3. The predicted molar refractivity (Wildman–Crippen MR) is 136 cm³/mol. The molecule has 3 aromatic carbocycles. The second-order valence-electron chi connectivity index (χ2n) is 8.69. The van der Waals surface area contributed by atoms with E-state index in [-0.39, 0.29) is 11.8 Å². The minimum atomic E-state index is -0.513. The van der Waals surface area contributed by atoms with Crippen LogP contribution in [0.1, 0.15) is 39.9 Å². The van der Waals surface area contributed by atoms with Crippen LogP contribution in [0.15, 0.2) is 60.7 Å². The number of hydrogen-bond donors (Lipinski definition) is 2. The van der Waals surface area contributed by atoms with Crippen molar-refractivity contribution in [2.24, 2.45) is 0 Å². The number of aryl methyl sites for hydroxylation is 2. The number of ether oxygens (including phenoxy) is 1. The molecule has 0 radical (unpaired) electrons. The number of aromatic nitrogens is 1. The number of nitrogens with one attached hydrogen (secondary N) is 2. The molecule has 2 amide bonds. The van der Waals surface area contributed by atoms with E-state index in [4.69, 9.17) is 4.74 Å². The summed E-state index contributed by atoms with van der Waals surface area (Å²) in [6.45, 7) is 3.95. The van der Waals surface area contributed by atoms with Crippen molar-refractivity contribution in [3.8, 4) is 5.75 Å². The molecule has 2 N–H and O–H groups in total. The van der Waals surface area contributed by atoms with Gasteiger partial charge in [0.15, 0.2) is 5.13 Å².